The predicted octanol–water partition coefficient (Wildman–Crippen LogP) is 2.25. The van der Waals surface area contributed by atoms with Gasteiger partial charge in [0.2, 0.25) is 0 Å². The average Bonchev–Trinajstić information content (AvgIpc) is 2.40. The first-order valence-corrected chi connectivity index (χ1v) is 6.08. The van der Waals surface area contributed by atoms with E-state index in [0.717, 1.165) is 0 Å². The summed E-state index contributed by atoms with van der Waals surface area (Å²) in [7, 11) is 0. The van der Waals surface area contributed by atoms with E-state index in [2.05, 4.69) is 11.9 Å². The minimum atomic E-state index is -0.931. The lowest BCUT2D eigenvalue weighted by Gasteiger charge is -2.22. The van der Waals surface area contributed by atoms with Gasteiger partial charge in [-0.2, -0.15) is 0 Å². The summed E-state index contributed by atoms with van der Waals surface area (Å²) in [6.07, 6.45) is 2.29. The van der Waals surface area contributed by atoms with E-state index in [1.807, 2.05) is 6.07 Å². The van der Waals surface area contributed by atoms with Crippen molar-refractivity contribution in [2.45, 2.75) is 12.8 Å². The third-order valence-corrected chi connectivity index (χ3v) is 2.49. The SMILES string of the molecule is C=CCCNC(=O)N(CCC(=O)O)c1ccccc1. The summed E-state index contributed by atoms with van der Waals surface area (Å²) in [5, 5.41) is 11.5. The average molecular weight is 262 g/mol. The van der Waals surface area contributed by atoms with Crippen LogP contribution in [0.15, 0.2) is 43.0 Å². The van der Waals surface area contributed by atoms with Crippen LogP contribution in [0.3, 0.4) is 0 Å². The third-order valence-electron chi connectivity index (χ3n) is 2.49. The number of nitrogens with zero attached hydrogens (tertiary/aromatic N) is 1. The highest BCUT2D eigenvalue weighted by Gasteiger charge is 2.15. The van der Waals surface area contributed by atoms with Gasteiger partial charge in [-0.25, -0.2) is 4.79 Å². The van der Waals surface area contributed by atoms with Crippen molar-refractivity contribution in [3.05, 3.63) is 43.0 Å². The Morgan fingerprint density at radius 3 is 2.58 bits per heavy atom. The number of benzene rings is 1. The quantitative estimate of drug-likeness (QED) is 0.585. The molecule has 2 N–H and O–H groups in total. The van der Waals surface area contributed by atoms with Crippen molar-refractivity contribution in [2.75, 3.05) is 18.0 Å². The summed E-state index contributed by atoms with van der Waals surface area (Å²) in [5.74, 6) is -0.931. The highest BCUT2D eigenvalue weighted by Crippen LogP contribution is 2.13. The molecule has 0 aliphatic rings. The molecule has 19 heavy (non-hydrogen) atoms. The number of hydrogen-bond acceptors (Lipinski definition) is 2. The maximum Gasteiger partial charge on any atom is 0.321 e. The summed E-state index contributed by atoms with van der Waals surface area (Å²) in [6, 6.07) is 8.70. The zero-order valence-electron chi connectivity index (χ0n) is 10.7. The molecule has 1 rings (SSSR count). The Bertz CT molecular complexity index is 432. The molecule has 1 aromatic rings. The number of hydrogen-bond donors (Lipinski definition) is 2. The Kier molecular flexibility index (Phi) is 6.15. The van der Waals surface area contributed by atoms with Crippen LogP contribution in [0.4, 0.5) is 10.5 Å². The van der Waals surface area contributed by atoms with Crippen LogP contribution in [0.2, 0.25) is 0 Å². The summed E-state index contributed by atoms with van der Waals surface area (Å²) in [4.78, 5) is 24.1. The fourth-order valence-corrected chi connectivity index (χ4v) is 1.54. The number of anilines is 1. The number of amides is 2. The molecule has 0 heterocycles. The van der Waals surface area contributed by atoms with Gasteiger partial charge in [-0.1, -0.05) is 24.3 Å². The summed E-state index contributed by atoms with van der Waals surface area (Å²) < 4.78 is 0. The van der Waals surface area contributed by atoms with Gasteiger partial charge in [0.05, 0.1) is 6.42 Å². The zero-order chi connectivity index (χ0) is 14.1. The number of para-hydroxylation sites is 1. The van der Waals surface area contributed by atoms with Gasteiger partial charge in [0, 0.05) is 18.8 Å². The number of urea groups is 1. The van der Waals surface area contributed by atoms with Gasteiger partial charge in [0.1, 0.15) is 0 Å². The Balaban J connectivity index is 2.71. The van der Waals surface area contributed by atoms with Crippen LogP contribution in [0.1, 0.15) is 12.8 Å². The van der Waals surface area contributed by atoms with Gasteiger partial charge in [0.25, 0.3) is 0 Å². The molecule has 5 heteroatoms. The van der Waals surface area contributed by atoms with E-state index >= 15 is 0 Å². The molecule has 0 aliphatic carbocycles. The second kappa shape index (κ2) is 7.92. The number of aliphatic carboxylic acids is 1. The van der Waals surface area contributed by atoms with Crippen LogP contribution in [0.25, 0.3) is 0 Å². The van der Waals surface area contributed by atoms with E-state index < -0.39 is 5.97 Å². The molecular weight excluding hydrogens is 244 g/mol. The first-order valence-electron chi connectivity index (χ1n) is 6.08. The molecule has 1 aromatic carbocycles. The summed E-state index contributed by atoms with van der Waals surface area (Å²) in [5.41, 5.74) is 0.680. The Hall–Kier alpha value is -2.30. The Morgan fingerprint density at radius 1 is 1.32 bits per heavy atom. The molecule has 5 nitrogen and oxygen atoms in total. The third kappa shape index (κ3) is 5.25. The van der Waals surface area contributed by atoms with E-state index in [1.54, 1.807) is 30.3 Å². The van der Waals surface area contributed by atoms with Gasteiger partial charge in [-0.05, 0) is 18.6 Å². The van der Waals surface area contributed by atoms with Crippen molar-refractivity contribution in [1.82, 2.24) is 5.32 Å². The van der Waals surface area contributed by atoms with Gasteiger partial charge in [0.15, 0.2) is 0 Å². The van der Waals surface area contributed by atoms with Crippen LogP contribution in [-0.2, 0) is 4.79 Å². The van der Waals surface area contributed by atoms with E-state index in [4.69, 9.17) is 5.11 Å². The predicted molar refractivity (Wildman–Crippen MR) is 74.3 cm³/mol. The fourth-order valence-electron chi connectivity index (χ4n) is 1.54. The van der Waals surface area contributed by atoms with E-state index in [-0.39, 0.29) is 19.0 Å². The number of carbonyl (C=O) groups excluding carboxylic acids is 1. The van der Waals surface area contributed by atoms with Gasteiger partial charge in [-0.3, -0.25) is 9.69 Å². The zero-order valence-corrected chi connectivity index (χ0v) is 10.7. The minimum Gasteiger partial charge on any atom is -0.481 e. The number of carboxylic acid groups (broad SMARTS) is 1. The van der Waals surface area contributed by atoms with E-state index in [9.17, 15) is 9.59 Å². The molecule has 0 spiro atoms. The molecule has 0 unspecified atom stereocenters. The van der Waals surface area contributed by atoms with Crippen LogP contribution in [-0.4, -0.2) is 30.2 Å². The molecular formula is C14H18N2O3. The highest BCUT2D eigenvalue weighted by atomic mass is 16.4. The molecule has 0 saturated heterocycles. The topological polar surface area (TPSA) is 69.6 Å². The standard InChI is InChI=1S/C14H18N2O3/c1-2-3-10-15-14(19)16(11-9-13(17)18)12-7-5-4-6-8-12/h2,4-8H,1,3,9-11H2,(H,15,19)(H,17,18). The Labute approximate surface area is 112 Å². The molecule has 0 atom stereocenters. The maximum absolute atomic E-state index is 12.0. The van der Waals surface area contributed by atoms with Crippen LogP contribution in [0.5, 0.6) is 0 Å². The van der Waals surface area contributed by atoms with Crippen LogP contribution in [0, 0.1) is 0 Å². The second-order valence-electron chi connectivity index (χ2n) is 3.94. The molecule has 2 amide bonds. The first kappa shape index (κ1) is 14.8. The van der Waals surface area contributed by atoms with Gasteiger partial charge in [-0.15, -0.1) is 6.58 Å². The van der Waals surface area contributed by atoms with Gasteiger partial charge >= 0.3 is 12.0 Å². The monoisotopic (exact) mass is 262 g/mol. The molecule has 0 fully saturated rings. The molecule has 0 aliphatic heterocycles. The van der Waals surface area contributed by atoms with E-state index in [1.165, 1.54) is 4.90 Å². The first-order chi connectivity index (χ1) is 9.15. The number of rotatable bonds is 7. The summed E-state index contributed by atoms with van der Waals surface area (Å²) in [6.45, 7) is 4.20. The number of carboxylic acids is 1. The highest BCUT2D eigenvalue weighted by molar-refractivity contribution is 5.92. The van der Waals surface area contributed by atoms with Crippen LogP contribution >= 0.6 is 0 Å². The minimum absolute atomic E-state index is 0.0935. The Morgan fingerprint density at radius 2 is 2.00 bits per heavy atom. The van der Waals surface area contributed by atoms with Crippen molar-refractivity contribution in [1.29, 1.82) is 0 Å². The molecule has 0 saturated carbocycles. The summed E-state index contributed by atoms with van der Waals surface area (Å²) >= 11 is 0. The van der Waals surface area contributed by atoms with Crippen molar-refractivity contribution >= 4 is 17.7 Å². The molecule has 0 aromatic heterocycles. The van der Waals surface area contributed by atoms with Crippen molar-refractivity contribution in [2.24, 2.45) is 0 Å². The molecule has 0 bridgehead atoms. The fraction of sp³-hybridized carbons (Fsp3) is 0.286. The van der Waals surface area contributed by atoms with E-state index in [0.29, 0.717) is 18.7 Å². The lowest BCUT2D eigenvalue weighted by molar-refractivity contribution is -0.136. The molecule has 0 radical (unpaired) electrons. The smallest absolute Gasteiger partial charge is 0.321 e. The van der Waals surface area contributed by atoms with Crippen LogP contribution < -0.4 is 10.2 Å². The normalized spacial score (nSPS) is 9.68. The number of nitrogens with one attached hydrogen (secondary N) is 1. The van der Waals surface area contributed by atoms with Crippen molar-refractivity contribution < 1.29 is 14.7 Å². The number of carbonyl (C=O) groups is 2. The van der Waals surface area contributed by atoms with Crippen molar-refractivity contribution in [3.63, 3.8) is 0 Å². The largest absolute Gasteiger partial charge is 0.481 e. The van der Waals surface area contributed by atoms with Crippen molar-refractivity contribution in [3.8, 4) is 0 Å². The molecule has 102 valence electrons. The lowest BCUT2D eigenvalue weighted by Crippen LogP contribution is -2.41. The maximum atomic E-state index is 12.0. The second-order valence-corrected chi connectivity index (χ2v) is 3.94. The van der Waals surface area contributed by atoms with Gasteiger partial charge < -0.3 is 10.4 Å². The lowest BCUT2D eigenvalue weighted by atomic mass is 10.2.